The standard InChI is InChI=1S/C14H23Br2NS/c1-5-8-17-11(6-7-14(2,3)4)12-9-10(15)13(16)18-12/h9,11,17H,5-8H2,1-4H3. The van der Waals surface area contributed by atoms with Crippen molar-refractivity contribution >= 4 is 43.2 Å². The quantitative estimate of drug-likeness (QED) is 0.608. The Morgan fingerprint density at radius 2 is 2.00 bits per heavy atom. The molecular formula is C14H23Br2NS. The van der Waals surface area contributed by atoms with E-state index in [9.17, 15) is 0 Å². The lowest BCUT2D eigenvalue weighted by molar-refractivity contribution is 0.333. The first-order valence-electron chi connectivity index (χ1n) is 6.51. The molecule has 4 heteroatoms. The van der Waals surface area contributed by atoms with Crippen LogP contribution >= 0.6 is 43.2 Å². The van der Waals surface area contributed by atoms with Gasteiger partial charge in [-0.15, -0.1) is 11.3 Å². The third kappa shape index (κ3) is 5.72. The third-order valence-electron chi connectivity index (χ3n) is 2.83. The molecule has 1 nitrogen and oxygen atoms in total. The van der Waals surface area contributed by atoms with Crippen LogP contribution in [-0.2, 0) is 0 Å². The smallest absolute Gasteiger partial charge is 0.0843 e. The van der Waals surface area contributed by atoms with Crippen molar-refractivity contribution in [2.75, 3.05) is 6.54 Å². The van der Waals surface area contributed by atoms with E-state index < -0.39 is 0 Å². The fourth-order valence-corrected chi connectivity index (χ4v) is 3.98. The lowest BCUT2D eigenvalue weighted by Gasteiger charge is -2.23. The van der Waals surface area contributed by atoms with Gasteiger partial charge in [-0.3, -0.25) is 0 Å². The number of halogens is 2. The van der Waals surface area contributed by atoms with Crippen LogP contribution in [-0.4, -0.2) is 6.54 Å². The molecule has 0 amide bonds. The van der Waals surface area contributed by atoms with Crippen LogP contribution in [0.2, 0.25) is 0 Å². The number of thiophene rings is 1. The highest BCUT2D eigenvalue weighted by Crippen LogP contribution is 2.38. The van der Waals surface area contributed by atoms with Gasteiger partial charge in [0.25, 0.3) is 0 Å². The summed E-state index contributed by atoms with van der Waals surface area (Å²) in [5.74, 6) is 0. The van der Waals surface area contributed by atoms with Crippen molar-refractivity contribution < 1.29 is 0 Å². The zero-order valence-electron chi connectivity index (χ0n) is 11.6. The van der Waals surface area contributed by atoms with Crippen molar-refractivity contribution in [3.05, 3.63) is 19.2 Å². The summed E-state index contributed by atoms with van der Waals surface area (Å²) in [7, 11) is 0. The van der Waals surface area contributed by atoms with Gasteiger partial charge >= 0.3 is 0 Å². The van der Waals surface area contributed by atoms with Crippen LogP contribution < -0.4 is 5.32 Å². The monoisotopic (exact) mass is 395 g/mol. The molecule has 1 heterocycles. The summed E-state index contributed by atoms with van der Waals surface area (Å²) in [5.41, 5.74) is 0.401. The third-order valence-corrected chi connectivity index (χ3v) is 6.20. The van der Waals surface area contributed by atoms with Crippen LogP contribution in [0, 0.1) is 5.41 Å². The van der Waals surface area contributed by atoms with Gasteiger partial charge in [-0.05, 0) is 69.1 Å². The Morgan fingerprint density at radius 1 is 1.33 bits per heavy atom. The van der Waals surface area contributed by atoms with Gasteiger partial charge in [0.2, 0.25) is 0 Å². The minimum absolute atomic E-state index is 0.401. The molecule has 0 aliphatic heterocycles. The van der Waals surface area contributed by atoms with Crippen LogP contribution in [0.1, 0.15) is 57.9 Å². The first-order valence-corrected chi connectivity index (χ1v) is 8.92. The molecule has 1 rings (SSSR count). The topological polar surface area (TPSA) is 12.0 Å². The summed E-state index contributed by atoms with van der Waals surface area (Å²) >= 11 is 9.00. The number of rotatable bonds is 6. The Kier molecular flexibility index (Phi) is 6.87. The summed E-state index contributed by atoms with van der Waals surface area (Å²) in [4.78, 5) is 1.42. The lowest BCUT2D eigenvalue weighted by atomic mass is 9.88. The maximum atomic E-state index is 3.67. The normalized spacial score (nSPS) is 13.9. The van der Waals surface area contributed by atoms with Crippen molar-refractivity contribution in [1.82, 2.24) is 5.32 Å². The Labute approximate surface area is 132 Å². The maximum absolute atomic E-state index is 3.67. The van der Waals surface area contributed by atoms with Crippen molar-refractivity contribution in [1.29, 1.82) is 0 Å². The van der Waals surface area contributed by atoms with E-state index in [1.165, 1.54) is 32.4 Å². The Balaban J connectivity index is 2.71. The molecule has 1 aromatic heterocycles. The van der Waals surface area contributed by atoms with Crippen molar-refractivity contribution in [2.24, 2.45) is 5.41 Å². The molecular weight excluding hydrogens is 374 g/mol. The Bertz CT molecular complexity index is 349. The van der Waals surface area contributed by atoms with Crippen LogP contribution in [0.25, 0.3) is 0 Å². The molecule has 1 N–H and O–H groups in total. The van der Waals surface area contributed by atoms with Crippen molar-refractivity contribution in [2.45, 2.75) is 53.0 Å². The SMILES string of the molecule is CCCNC(CCC(C)(C)C)c1cc(Br)c(Br)s1. The van der Waals surface area contributed by atoms with Gasteiger partial charge in [-0.25, -0.2) is 0 Å². The van der Waals surface area contributed by atoms with Gasteiger partial charge in [0.1, 0.15) is 0 Å². The van der Waals surface area contributed by atoms with E-state index in [4.69, 9.17) is 0 Å². The summed E-state index contributed by atoms with van der Waals surface area (Å²) in [6, 6.07) is 2.72. The van der Waals surface area contributed by atoms with E-state index in [1.807, 2.05) is 11.3 Å². The van der Waals surface area contributed by atoms with Crippen LogP contribution in [0.15, 0.2) is 14.3 Å². The molecule has 0 aromatic carbocycles. The molecule has 0 aliphatic carbocycles. The summed E-state index contributed by atoms with van der Waals surface area (Å²) < 4.78 is 2.36. The fraction of sp³-hybridized carbons (Fsp3) is 0.714. The molecule has 1 unspecified atom stereocenters. The molecule has 0 radical (unpaired) electrons. The molecule has 1 atom stereocenters. The number of nitrogens with one attached hydrogen (secondary N) is 1. The average Bonchev–Trinajstić information content (AvgIpc) is 2.58. The van der Waals surface area contributed by atoms with E-state index in [2.05, 4.69) is 70.9 Å². The van der Waals surface area contributed by atoms with Gasteiger partial charge in [0.05, 0.1) is 3.79 Å². The van der Waals surface area contributed by atoms with Crippen LogP contribution in [0.5, 0.6) is 0 Å². The molecule has 0 aliphatic rings. The molecule has 1 aromatic rings. The van der Waals surface area contributed by atoms with Gasteiger partial charge in [0.15, 0.2) is 0 Å². The minimum Gasteiger partial charge on any atom is -0.309 e. The van der Waals surface area contributed by atoms with Crippen LogP contribution in [0.4, 0.5) is 0 Å². The van der Waals surface area contributed by atoms with Gasteiger partial charge < -0.3 is 5.32 Å². The van der Waals surface area contributed by atoms with Crippen molar-refractivity contribution in [3.63, 3.8) is 0 Å². The predicted octanol–water partition coefficient (Wildman–Crippen LogP) is 6.14. The molecule has 0 bridgehead atoms. The average molecular weight is 397 g/mol. The molecule has 0 saturated heterocycles. The van der Waals surface area contributed by atoms with Gasteiger partial charge in [-0.1, -0.05) is 27.7 Å². The number of hydrogen-bond acceptors (Lipinski definition) is 2. The summed E-state index contributed by atoms with van der Waals surface area (Å²) in [5, 5.41) is 3.67. The Morgan fingerprint density at radius 3 is 2.44 bits per heavy atom. The van der Waals surface area contributed by atoms with E-state index in [0.717, 1.165) is 6.54 Å². The second kappa shape index (κ2) is 7.41. The largest absolute Gasteiger partial charge is 0.309 e. The molecule has 0 spiro atoms. The second-order valence-corrected chi connectivity index (χ2v) is 9.13. The highest BCUT2D eigenvalue weighted by atomic mass is 79.9. The van der Waals surface area contributed by atoms with E-state index in [1.54, 1.807) is 0 Å². The fourth-order valence-electron chi connectivity index (χ4n) is 1.78. The van der Waals surface area contributed by atoms with E-state index in [0.29, 0.717) is 11.5 Å². The predicted molar refractivity (Wildman–Crippen MR) is 89.4 cm³/mol. The second-order valence-electron chi connectivity index (χ2n) is 5.88. The van der Waals surface area contributed by atoms with Gasteiger partial charge in [-0.2, -0.15) is 0 Å². The van der Waals surface area contributed by atoms with E-state index >= 15 is 0 Å². The lowest BCUT2D eigenvalue weighted by Crippen LogP contribution is -2.23. The zero-order chi connectivity index (χ0) is 13.8. The van der Waals surface area contributed by atoms with Gasteiger partial charge in [0, 0.05) is 15.4 Å². The maximum Gasteiger partial charge on any atom is 0.0843 e. The first kappa shape index (κ1) is 16.7. The van der Waals surface area contributed by atoms with E-state index in [-0.39, 0.29) is 0 Å². The number of hydrogen-bond donors (Lipinski definition) is 1. The molecule has 18 heavy (non-hydrogen) atoms. The minimum atomic E-state index is 0.401. The zero-order valence-corrected chi connectivity index (χ0v) is 15.6. The Hall–Kier alpha value is 0.620. The van der Waals surface area contributed by atoms with Crippen molar-refractivity contribution in [3.8, 4) is 0 Å². The first-order chi connectivity index (χ1) is 8.33. The summed E-state index contributed by atoms with van der Waals surface area (Å²) in [6.07, 6.45) is 3.62. The molecule has 0 fully saturated rings. The van der Waals surface area contributed by atoms with Crippen LogP contribution in [0.3, 0.4) is 0 Å². The molecule has 0 saturated carbocycles. The summed E-state index contributed by atoms with van der Waals surface area (Å²) in [6.45, 7) is 10.2. The molecule has 104 valence electrons. The highest BCUT2D eigenvalue weighted by molar-refractivity contribution is 9.13. The highest BCUT2D eigenvalue weighted by Gasteiger charge is 2.18.